The van der Waals surface area contributed by atoms with Crippen LogP contribution in [0.2, 0.25) is 0 Å². The Morgan fingerprint density at radius 2 is 1.39 bits per heavy atom. The molecular formula is C44H38F2N4O4. The molecule has 54 heavy (non-hydrogen) atoms. The monoisotopic (exact) mass is 724 g/mol. The highest BCUT2D eigenvalue weighted by Crippen LogP contribution is 2.41. The third-order valence-corrected chi connectivity index (χ3v) is 10.2. The van der Waals surface area contributed by atoms with Crippen LogP contribution in [0.25, 0.3) is 21.8 Å². The van der Waals surface area contributed by atoms with Crippen molar-refractivity contribution in [3.05, 3.63) is 166 Å². The Morgan fingerprint density at radius 3 is 2.04 bits per heavy atom. The lowest BCUT2D eigenvalue weighted by Crippen LogP contribution is -2.09. The zero-order valence-corrected chi connectivity index (χ0v) is 29.7. The van der Waals surface area contributed by atoms with Gasteiger partial charge in [-0.25, -0.2) is 18.4 Å². The molecule has 10 heteroatoms. The quantitative estimate of drug-likeness (QED) is 0.136. The summed E-state index contributed by atoms with van der Waals surface area (Å²) in [5.41, 5.74) is 9.18. The van der Waals surface area contributed by atoms with Gasteiger partial charge in [-0.2, -0.15) is 0 Å². The number of hydrogen-bond acceptors (Lipinski definition) is 5. The molecule has 2 saturated carbocycles. The number of H-pyrrole nitrogens is 1. The number of carboxylic acid groups (broad SMARTS) is 1. The van der Waals surface area contributed by atoms with E-state index in [-0.39, 0.29) is 11.5 Å². The smallest absolute Gasteiger partial charge is 0.339 e. The number of benzene rings is 3. The number of methoxy groups -OCH3 is 1. The molecule has 9 rings (SSSR count). The number of aromatic amines is 1. The number of fused-ring (bicyclic) bond motifs is 2. The molecule has 2 fully saturated rings. The minimum absolute atomic E-state index is 0.264. The largest absolute Gasteiger partial charge is 0.478 e. The lowest BCUT2D eigenvalue weighted by Gasteiger charge is -2.09. The van der Waals surface area contributed by atoms with E-state index in [4.69, 9.17) is 4.74 Å². The Labute approximate surface area is 310 Å². The van der Waals surface area contributed by atoms with Crippen LogP contribution in [0.5, 0.6) is 0 Å². The summed E-state index contributed by atoms with van der Waals surface area (Å²) in [6.07, 6.45) is 13.2. The maximum absolute atomic E-state index is 13.5. The van der Waals surface area contributed by atoms with Gasteiger partial charge in [-0.1, -0.05) is 18.2 Å². The molecule has 0 bridgehead atoms. The standard InChI is InChI=1S/C25H20F2N2O2.C19H18N2O2/c26-21-5-1-16(10-22(21)27)14-29-8-7-18-9-15(2-6-24(18)29)11-23-20(25(30)31)12-19(13-28-23)17-3-4-17;1-23-19(22)16-10-15(13-3-4-13)11-21-18(16)9-12-2-5-17-14(8-12)6-7-20-17/h1-2,5-10,12-13,17H,3-4,11,14H2,(H,30,31);2,5-8,10-11,13,20H,3-4,9H2,1H3. The number of aromatic nitrogens is 4. The van der Waals surface area contributed by atoms with Crippen molar-refractivity contribution in [3.63, 3.8) is 0 Å². The molecule has 0 atom stereocenters. The number of hydrogen-bond donors (Lipinski definition) is 2. The number of rotatable bonds is 10. The van der Waals surface area contributed by atoms with Crippen molar-refractivity contribution in [3.8, 4) is 0 Å². The van der Waals surface area contributed by atoms with Crippen LogP contribution < -0.4 is 0 Å². The van der Waals surface area contributed by atoms with Gasteiger partial charge in [0.25, 0.3) is 0 Å². The predicted molar refractivity (Wildman–Crippen MR) is 202 cm³/mol. The first-order chi connectivity index (χ1) is 26.2. The third kappa shape index (κ3) is 7.64. The highest BCUT2D eigenvalue weighted by atomic mass is 19.2. The van der Waals surface area contributed by atoms with E-state index in [0.717, 1.165) is 68.7 Å². The third-order valence-electron chi connectivity index (χ3n) is 10.2. The van der Waals surface area contributed by atoms with Gasteiger partial charge in [0, 0.05) is 55.2 Å². The van der Waals surface area contributed by atoms with Crippen LogP contribution in [0.4, 0.5) is 8.78 Å². The van der Waals surface area contributed by atoms with Gasteiger partial charge in [0.1, 0.15) is 0 Å². The zero-order chi connectivity index (χ0) is 37.3. The molecule has 8 nitrogen and oxygen atoms in total. The number of carbonyl (C=O) groups excluding carboxylic acids is 1. The minimum atomic E-state index is -0.955. The van der Waals surface area contributed by atoms with Crippen LogP contribution in [0.3, 0.4) is 0 Å². The van der Waals surface area contributed by atoms with Crippen LogP contribution >= 0.6 is 0 Å². The first-order valence-corrected chi connectivity index (χ1v) is 18.1. The summed E-state index contributed by atoms with van der Waals surface area (Å²) in [7, 11) is 1.42. The molecule has 4 aromatic heterocycles. The molecule has 7 aromatic rings. The van der Waals surface area contributed by atoms with E-state index in [0.29, 0.717) is 48.0 Å². The van der Waals surface area contributed by atoms with Gasteiger partial charge in [0.2, 0.25) is 0 Å². The first kappa shape index (κ1) is 34.9. The number of pyridine rings is 2. The van der Waals surface area contributed by atoms with Gasteiger partial charge in [-0.3, -0.25) is 9.97 Å². The van der Waals surface area contributed by atoms with Gasteiger partial charge in [-0.05, 0) is 137 Å². The Bertz CT molecular complexity index is 2530. The number of ether oxygens (including phenoxy) is 1. The van der Waals surface area contributed by atoms with Crippen molar-refractivity contribution in [2.45, 2.75) is 56.9 Å². The fourth-order valence-electron chi connectivity index (χ4n) is 6.98. The molecule has 0 spiro atoms. The summed E-state index contributed by atoms with van der Waals surface area (Å²) in [6, 6.07) is 23.8. The van der Waals surface area contributed by atoms with Gasteiger partial charge in [-0.15, -0.1) is 0 Å². The second-order valence-corrected chi connectivity index (χ2v) is 14.2. The van der Waals surface area contributed by atoms with Gasteiger partial charge >= 0.3 is 11.9 Å². The molecule has 2 N–H and O–H groups in total. The maximum atomic E-state index is 13.5. The lowest BCUT2D eigenvalue weighted by atomic mass is 10.0. The maximum Gasteiger partial charge on any atom is 0.339 e. The van der Waals surface area contributed by atoms with E-state index >= 15 is 0 Å². The molecule has 0 saturated heterocycles. The molecule has 0 radical (unpaired) electrons. The molecular weight excluding hydrogens is 687 g/mol. The van der Waals surface area contributed by atoms with E-state index in [9.17, 15) is 23.5 Å². The fourth-order valence-corrected chi connectivity index (χ4v) is 6.98. The number of carboxylic acids is 1. The van der Waals surface area contributed by atoms with Crippen molar-refractivity contribution in [2.75, 3.05) is 7.11 Å². The number of nitrogens with one attached hydrogen (secondary N) is 1. The van der Waals surface area contributed by atoms with E-state index in [1.165, 1.54) is 26.0 Å². The highest BCUT2D eigenvalue weighted by Gasteiger charge is 2.27. The lowest BCUT2D eigenvalue weighted by molar-refractivity contribution is 0.0598. The number of halogens is 2. The van der Waals surface area contributed by atoms with Crippen molar-refractivity contribution in [1.82, 2.24) is 19.5 Å². The van der Waals surface area contributed by atoms with Gasteiger partial charge in [0.15, 0.2) is 11.6 Å². The van der Waals surface area contributed by atoms with E-state index in [1.54, 1.807) is 18.3 Å². The van der Waals surface area contributed by atoms with Crippen molar-refractivity contribution < 1.29 is 28.2 Å². The molecule has 0 unspecified atom stereocenters. The van der Waals surface area contributed by atoms with Gasteiger partial charge in [0.05, 0.1) is 29.6 Å². The minimum Gasteiger partial charge on any atom is -0.478 e. The summed E-state index contributed by atoms with van der Waals surface area (Å²) in [5.74, 6) is -1.96. The summed E-state index contributed by atoms with van der Waals surface area (Å²) in [5, 5.41) is 11.8. The molecule has 2 aliphatic rings. The van der Waals surface area contributed by atoms with Crippen LogP contribution in [0.15, 0.2) is 104 Å². The molecule has 272 valence electrons. The van der Waals surface area contributed by atoms with Gasteiger partial charge < -0.3 is 19.4 Å². The Kier molecular flexibility index (Phi) is 9.50. The molecule has 0 amide bonds. The zero-order valence-electron chi connectivity index (χ0n) is 29.7. The normalized spacial score (nSPS) is 13.8. The van der Waals surface area contributed by atoms with Crippen LogP contribution in [0, 0.1) is 11.6 Å². The molecule has 0 aliphatic heterocycles. The predicted octanol–water partition coefficient (Wildman–Crippen LogP) is 9.35. The number of esters is 1. The number of nitrogens with zero attached hydrogens (tertiary/aromatic N) is 3. The average molecular weight is 725 g/mol. The van der Waals surface area contributed by atoms with Crippen LogP contribution in [-0.4, -0.2) is 43.7 Å². The molecule has 3 aromatic carbocycles. The second-order valence-electron chi connectivity index (χ2n) is 14.2. The van der Waals surface area contributed by atoms with E-state index in [1.807, 2.05) is 59.6 Å². The van der Waals surface area contributed by atoms with Crippen LogP contribution in [-0.2, 0) is 24.1 Å². The first-order valence-electron chi connectivity index (χ1n) is 18.1. The molecule has 4 heterocycles. The fraction of sp³-hybridized carbons (Fsp3) is 0.227. The van der Waals surface area contributed by atoms with E-state index < -0.39 is 17.6 Å². The number of aromatic carboxylic acids is 1. The highest BCUT2D eigenvalue weighted by molar-refractivity contribution is 5.91. The Hall–Kier alpha value is -6.16. The van der Waals surface area contributed by atoms with E-state index in [2.05, 4.69) is 33.2 Å². The molecule has 2 aliphatic carbocycles. The summed E-state index contributed by atoms with van der Waals surface area (Å²) in [6.45, 7) is 0.424. The topological polar surface area (TPSA) is 110 Å². The average Bonchev–Trinajstić information content (AvgIpc) is 4.12. The Morgan fingerprint density at radius 1 is 0.759 bits per heavy atom. The summed E-state index contributed by atoms with van der Waals surface area (Å²) in [4.78, 5) is 36.1. The van der Waals surface area contributed by atoms with Crippen molar-refractivity contribution in [1.29, 1.82) is 0 Å². The van der Waals surface area contributed by atoms with Crippen LogP contribution in [0.1, 0.15) is 97.4 Å². The second kappa shape index (κ2) is 14.7. The SMILES string of the molecule is COC(=O)c1cc(C2CC2)cnc1Cc1ccc2[nH]ccc2c1.O=C(O)c1cc(C2CC2)cnc1Cc1ccc2c(ccn2Cc2ccc(F)c(F)c2)c1. The summed E-state index contributed by atoms with van der Waals surface area (Å²) < 4.78 is 33.6. The van der Waals surface area contributed by atoms with Crippen molar-refractivity contribution >= 4 is 33.7 Å². The van der Waals surface area contributed by atoms with Crippen molar-refractivity contribution in [2.24, 2.45) is 0 Å². The summed E-state index contributed by atoms with van der Waals surface area (Å²) >= 11 is 0. The Balaban J connectivity index is 0.000000160. The number of carbonyl (C=O) groups is 2.